The van der Waals surface area contributed by atoms with E-state index < -0.39 is 24.0 Å². The molecule has 3 unspecified atom stereocenters. The molecule has 2 aromatic heterocycles. The number of carbonyl (C=O) groups excluding carboxylic acids is 4. The average molecular weight is 626 g/mol. The summed E-state index contributed by atoms with van der Waals surface area (Å²) < 4.78 is 0. The van der Waals surface area contributed by atoms with E-state index in [1.807, 2.05) is 0 Å². The molecule has 4 N–H and O–H groups in total. The Hall–Kier alpha value is -3.50. The molecule has 1 aliphatic heterocycles. The van der Waals surface area contributed by atoms with E-state index >= 15 is 0 Å². The van der Waals surface area contributed by atoms with Crippen molar-refractivity contribution in [3.05, 3.63) is 36.4 Å². The van der Waals surface area contributed by atoms with Crippen molar-refractivity contribution in [3.8, 4) is 0 Å². The molecule has 1 aliphatic rings. The van der Waals surface area contributed by atoms with Gasteiger partial charge >= 0.3 is 0 Å². The maximum absolute atomic E-state index is 13.5. The van der Waals surface area contributed by atoms with Crippen molar-refractivity contribution in [1.82, 2.24) is 35.5 Å². The first kappa shape index (κ1) is 36.0. The summed E-state index contributed by atoms with van der Waals surface area (Å²) in [6.45, 7) is 4.21. The molecule has 1 fully saturated rings. The minimum Gasteiger partial charge on any atom is -0.351 e. The van der Waals surface area contributed by atoms with E-state index in [0.29, 0.717) is 30.8 Å². The largest absolute Gasteiger partial charge is 0.351 e. The number of nitrogens with zero attached hydrogens (tertiary/aromatic N) is 3. The molecule has 0 bridgehead atoms. The quantitative estimate of drug-likeness (QED) is 0.128. The maximum atomic E-state index is 13.5. The molecule has 45 heavy (non-hydrogen) atoms. The lowest BCUT2D eigenvalue weighted by molar-refractivity contribution is -0.139. The van der Waals surface area contributed by atoms with Gasteiger partial charge in [-0.3, -0.25) is 19.2 Å². The SMILES string of the molecule is CCCCCCCCCCCCCCCC(=O)N1CCCC1C(=O)NC(Cc1c[nH]cn1)C(=O)NC(Cc1c[nH]cn1)C(C)=O. The molecule has 3 rings (SSSR count). The smallest absolute Gasteiger partial charge is 0.243 e. The maximum Gasteiger partial charge on any atom is 0.243 e. The van der Waals surface area contributed by atoms with E-state index in [-0.39, 0.29) is 30.4 Å². The first-order chi connectivity index (χ1) is 21.9. The van der Waals surface area contributed by atoms with Gasteiger partial charge in [0.15, 0.2) is 5.78 Å². The molecule has 3 amide bonds. The van der Waals surface area contributed by atoms with Gasteiger partial charge in [0.2, 0.25) is 17.7 Å². The fourth-order valence-electron chi connectivity index (χ4n) is 6.04. The Morgan fingerprint density at radius 3 is 1.84 bits per heavy atom. The van der Waals surface area contributed by atoms with Gasteiger partial charge in [-0.25, -0.2) is 9.97 Å². The molecule has 3 atom stereocenters. The number of imidazole rings is 2. The zero-order valence-corrected chi connectivity index (χ0v) is 27.5. The van der Waals surface area contributed by atoms with Crippen LogP contribution in [0.2, 0.25) is 0 Å². The lowest BCUT2D eigenvalue weighted by Crippen LogP contribution is -2.56. The van der Waals surface area contributed by atoms with Crippen molar-refractivity contribution in [2.75, 3.05) is 6.54 Å². The van der Waals surface area contributed by atoms with Crippen LogP contribution in [-0.4, -0.2) is 73.0 Å². The van der Waals surface area contributed by atoms with Crippen LogP contribution in [0.1, 0.15) is 128 Å². The summed E-state index contributed by atoms with van der Waals surface area (Å²) in [5, 5.41) is 5.66. The standard InChI is InChI=1S/C34H55N7O4/c1-3-4-5-6-7-8-9-10-11-12-13-14-15-18-32(43)41-19-16-17-31(41)34(45)40-30(21-28-23-36-25-38-28)33(44)39-29(26(2)42)20-27-22-35-24-37-27/h22-25,29-31H,3-21H2,1-2H3,(H,35,37)(H,36,38)(H,39,44)(H,40,45). The lowest BCUT2D eigenvalue weighted by atomic mass is 10.0. The number of Topliss-reactive ketones (excluding diaryl/α,β-unsaturated/α-hetero) is 1. The van der Waals surface area contributed by atoms with E-state index in [2.05, 4.69) is 37.5 Å². The highest BCUT2D eigenvalue weighted by Gasteiger charge is 2.36. The van der Waals surface area contributed by atoms with Gasteiger partial charge in [0.05, 0.1) is 30.1 Å². The molecule has 2 aromatic rings. The van der Waals surface area contributed by atoms with Crippen molar-refractivity contribution >= 4 is 23.5 Å². The van der Waals surface area contributed by atoms with Gasteiger partial charge in [0.25, 0.3) is 0 Å². The first-order valence-corrected chi connectivity index (χ1v) is 17.2. The van der Waals surface area contributed by atoms with Crippen LogP contribution < -0.4 is 10.6 Å². The number of rotatable bonds is 23. The van der Waals surface area contributed by atoms with Crippen LogP contribution in [0.3, 0.4) is 0 Å². The molecule has 0 aromatic carbocycles. The van der Waals surface area contributed by atoms with Gasteiger partial charge in [-0.15, -0.1) is 0 Å². The molecular weight excluding hydrogens is 570 g/mol. The van der Waals surface area contributed by atoms with E-state index in [4.69, 9.17) is 0 Å². The molecule has 3 heterocycles. The number of hydrogen-bond acceptors (Lipinski definition) is 6. The topological polar surface area (TPSA) is 153 Å². The highest BCUT2D eigenvalue weighted by molar-refractivity contribution is 5.94. The second-order valence-corrected chi connectivity index (χ2v) is 12.5. The van der Waals surface area contributed by atoms with Gasteiger partial charge in [-0.05, 0) is 26.2 Å². The molecule has 1 saturated heterocycles. The Morgan fingerprint density at radius 2 is 1.33 bits per heavy atom. The van der Waals surface area contributed by atoms with Gasteiger partial charge in [0, 0.05) is 38.2 Å². The minimum absolute atomic E-state index is 0.000304. The third-order valence-corrected chi connectivity index (χ3v) is 8.75. The summed E-state index contributed by atoms with van der Waals surface area (Å²) in [5.74, 6) is -1.05. The Kier molecular flexibility index (Phi) is 16.4. The predicted octanol–water partition coefficient (Wildman–Crippen LogP) is 4.95. The van der Waals surface area contributed by atoms with Crippen LogP contribution in [0.15, 0.2) is 25.0 Å². The Morgan fingerprint density at radius 1 is 0.800 bits per heavy atom. The third kappa shape index (κ3) is 13.2. The number of nitrogens with one attached hydrogen (secondary N) is 4. The molecular formula is C34H55N7O4. The van der Waals surface area contributed by atoms with Gasteiger partial charge in [0.1, 0.15) is 12.1 Å². The Labute approximate surface area is 268 Å². The van der Waals surface area contributed by atoms with E-state index in [9.17, 15) is 19.2 Å². The van der Waals surface area contributed by atoms with Gasteiger partial charge in [-0.2, -0.15) is 0 Å². The zero-order valence-electron chi connectivity index (χ0n) is 27.5. The Bertz CT molecular complexity index is 1140. The van der Waals surface area contributed by atoms with Crippen LogP contribution in [0.5, 0.6) is 0 Å². The highest BCUT2D eigenvalue weighted by atomic mass is 16.2. The molecule has 250 valence electrons. The number of ketones is 1. The minimum atomic E-state index is -0.958. The number of aromatic amines is 2. The molecule has 0 radical (unpaired) electrons. The number of amides is 3. The fourth-order valence-corrected chi connectivity index (χ4v) is 6.04. The van der Waals surface area contributed by atoms with Crippen LogP contribution in [-0.2, 0) is 32.0 Å². The number of likely N-dealkylation sites (tertiary alicyclic amines) is 1. The van der Waals surface area contributed by atoms with Crippen LogP contribution in [0, 0.1) is 0 Å². The lowest BCUT2D eigenvalue weighted by Gasteiger charge is -2.27. The van der Waals surface area contributed by atoms with Crippen molar-refractivity contribution in [3.63, 3.8) is 0 Å². The highest BCUT2D eigenvalue weighted by Crippen LogP contribution is 2.20. The number of aromatic nitrogens is 4. The summed E-state index contributed by atoms with van der Waals surface area (Å²) >= 11 is 0. The van der Waals surface area contributed by atoms with E-state index in [0.717, 1.165) is 25.7 Å². The number of carbonyl (C=O) groups is 4. The van der Waals surface area contributed by atoms with Crippen molar-refractivity contribution in [2.45, 2.75) is 148 Å². The number of H-pyrrole nitrogens is 2. The molecule has 11 heteroatoms. The fraction of sp³-hybridized carbons (Fsp3) is 0.706. The Balaban J connectivity index is 1.43. The monoisotopic (exact) mass is 625 g/mol. The van der Waals surface area contributed by atoms with Gasteiger partial charge < -0.3 is 25.5 Å². The first-order valence-electron chi connectivity index (χ1n) is 17.2. The predicted molar refractivity (Wildman–Crippen MR) is 174 cm³/mol. The second kappa shape index (κ2) is 20.5. The summed E-state index contributed by atoms with van der Waals surface area (Å²) in [6, 6.07) is -2.36. The number of hydrogen-bond donors (Lipinski definition) is 4. The van der Waals surface area contributed by atoms with Crippen molar-refractivity contribution in [1.29, 1.82) is 0 Å². The normalized spacial score (nSPS) is 16.0. The number of unbranched alkanes of at least 4 members (excludes halogenated alkanes) is 12. The van der Waals surface area contributed by atoms with Crippen LogP contribution >= 0.6 is 0 Å². The van der Waals surface area contributed by atoms with Crippen molar-refractivity contribution < 1.29 is 19.2 Å². The zero-order chi connectivity index (χ0) is 32.3. The third-order valence-electron chi connectivity index (χ3n) is 8.75. The van der Waals surface area contributed by atoms with Gasteiger partial charge in [-0.1, -0.05) is 84.0 Å². The molecule has 0 aliphatic carbocycles. The van der Waals surface area contributed by atoms with Crippen LogP contribution in [0.4, 0.5) is 0 Å². The van der Waals surface area contributed by atoms with Crippen LogP contribution in [0.25, 0.3) is 0 Å². The summed E-state index contributed by atoms with van der Waals surface area (Å²) in [4.78, 5) is 68.1. The molecule has 11 nitrogen and oxygen atoms in total. The second-order valence-electron chi connectivity index (χ2n) is 12.5. The molecule has 0 spiro atoms. The van der Waals surface area contributed by atoms with Crippen molar-refractivity contribution in [2.24, 2.45) is 0 Å². The van der Waals surface area contributed by atoms with E-state index in [1.54, 1.807) is 17.3 Å². The summed E-state index contributed by atoms with van der Waals surface area (Å²) in [6.07, 6.45) is 24.7. The molecule has 0 saturated carbocycles. The summed E-state index contributed by atoms with van der Waals surface area (Å²) in [5.41, 5.74) is 1.25. The summed E-state index contributed by atoms with van der Waals surface area (Å²) in [7, 11) is 0. The van der Waals surface area contributed by atoms with E-state index in [1.165, 1.54) is 83.8 Å². The average Bonchev–Trinajstić information content (AvgIpc) is 3.82.